The third-order valence-corrected chi connectivity index (χ3v) is 1.98. The van der Waals surface area contributed by atoms with E-state index >= 15 is 0 Å². The topological polar surface area (TPSA) is 59.4 Å². The Bertz CT molecular complexity index is 390. The van der Waals surface area contributed by atoms with Gasteiger partial charge in [-0.25, -0.2) is 9.78 Å². The highest BCUT2D eigenvalue weighted by Gasteiger charge is 2.14. The third-order valence-electron chi connectivity index (χ3n) is 1.71. The summed E-state index contributed by atoms with van der Waals surface area (Å²) in [5, 5.41) is 9.04. The first kappa shape index (κ1) is 11.8. The Morgan fingerprint density at radius 1 is 1.60 bits per heavy atom. The molecule has 15 heavy (non-hydrogen) atoms. The first-order valence-electron chi connectivity index (χ1n) is 4.49. The number of pyridine rings is 1. The second-order valence-corrected chi connectivity index (χ2v) is 3.79. The van der Waals surface area contributed by atoms with Crippen LogP contribution in [0.15, 0.2) is 6.07 Å². The average molecular weight is 230 g/mol. The van der Waals surface area contributed by atoms with E-state index in [-0.39, 0.29) is 22.6 Å². The first-order chi connectivity index (χ1) is 6.91. The quantitative estimate of drug-likeness (QED) is 0.865. The molecular formula is C10H12ClNO3. The van der Waals surface area contributed by atoms with E-state index in [1.807, 2.05) is 13.8 Å². The van der Waals surface area contributed by atoms with Gasteiger partial charge in [0, 0.05) is 0 Å². The largest absolute Gasteiger partial charge is 0.478 e. The van der Waals surface area contributed by atoms with Crippen molar-refractivity contribution in [3.63, 3.8) is 0 Å². The molecule has 0 saturated heterocycles. The molecule has 0 aromatic carbocycles. The van der Waals surface area contributed by atoms with Gasteiger partial charge in [-0.1, -0.05) is 11.6 Å². The van der Waals surface area contributed by atoms with E-state index in [0.717, 1.165) is 0 Å². The highest BCUT2D eigenvalue weighted by molar-refractivity contribution is 6.32. The number of carboxylic acids is 1. The lowest BCUT2D eigenvalue weighted by Gasteiger charge is -2.11. The number of aromatic nitrogens is 1. The number of nitrogens with zero attached hydrogens (tertiary/aromatic N) is 1. The highest BCUT2D eigenvalue weighted by atomic mass is 35.5. The molecular weight excluding hydrogens is 218 g/mol. The van der Waals surface area contributed by atoms with Crippen LogP contribution < -0.4 is 4.74 Å². The zero-order valence-corrected chi connectivity index (χ0v) is 9.50. The van der Waals surface area contributed by atoms with Crippen LogP contribution in [-0.4, -0.2) is 22.2 Å². The lowest BCUT2D eigenvalue weighted by Crippen LogP contribution is -2.10. The van der Waals surface area contributed by atoms with Gasteiger partial charge in [0.05, 0.1) is 17.4 Å². The van der Waals surface area contributed by atoms with E-state index in [0.29, 0.717) is 5.69 Å². The van der Waals surface area contributed by atoms with Gasteiger partial charge in [0.1, 0.15) is 5.02 Å². The van der Waals surface area contributed by atoms with Crippen LogP contribution in [0.25, 0.3) is 0 Å². The summed E-state index contributed by atoms with van der Waals surface area (Å²) in [6, 6.07) is 1.35. The van der Waals surface area contributed by atoms with Gasteiger partial charge in [-0.3, -0.25) is 0 Å². The molecule has 0 saturated carbocycles. The Morgan fingerprint density at radius 2 is 2.20 bits per heavy atom. The summed E-state index contributed by atoms with van der Waals surface area (Å²) >= 11 is 5.84. The fourth-order valence-corrected chi connectivity index (χ4v) is 1.28. The van der Waals surface area contributed by atoms with E-state index in [9.17, 15) is 4.79 Å². The van der Waals surface area contributed by atoms with Crippen LogP contribution >= 0.6 is 11.6 Å². The number of aryl methyl sites for hydroxylation is 1. The molecule has 0 fully saturated rings. The molecule has 5 heteroatoms. The molecule has 0 spiro atoms. The van der Waals surface area contributed by atoms with Crippen LogP contribution in [0.5, 0.6) is 5.88 Å². The van der Waals surface area contributed by atoms with Gasteiger partial charge >= 0.3 is 5.97 Å². The Labute approximate surface area is 92.8 Å². The standard InChI is InChI=1S/C10H12ClNO3/c1-5(2)15-9-8(11)4-7(10(13)14)6(3)12-9/h4-5H,1-3H3,(H,13,14). The van der Waals surface area contributed by atoms with Crippen molar-refractivity contribution >= 4 is 17.6 Å². The van der Waals surface area contributed by atoms with Gasteiger partial charge in [-0.2, -0.15) is 0 Å². The lowest BCUT2D eigenvalue weighted by molar-refractivity contribution is 0.0695. The van der Waals surface area contributed by atoms with Gasteiger partial charge in [0.15, 0.2) is 0 Å². The monoisotopic (exact) mass is 229 g/mol. The summed E-state index contributed by atoms with van der Waals surface area (Å²) in [5.74, 6) is -0.771. The Morgan fingerprint density at radius 3 is 2.67 bits per heavy atom. The summed E-state index contributed by atoms with van der Waals surface area (Å²) in [4.78, 5) is 14.8. The third kappa shape index (κ3) is 2.83. The molecule has 0 amide bonds. The average Bonchev–Trinajstić information content (AvgIpc) is 2.09. The minimum atomic E-state index is -1.04. The van der Waals surface area contributed by atoms with E-state index in [2.05, 4.69) is 4.98 Å². The number of carbonyl (C=O) groups is 1. The van der Waals surface area contributed by atoms with Crippen molar-refractivity contribution in [2.45, 2.75) is 26.9 Å². The molecule has 0 aliphatic carbocycles. The molecule has 4 nitrogen and oxygen atoms in total. The Hall–Kier alpha value is -1.29. The maximum atomic E-state index is 10.8. The molecule has 0 aliphatic heterocycles. The lowest BCUT2D eigenvalue weighted by atomic mass is 10.2. The molecule has 1 heterocycles. The van der Waals surface area contributed by atoms with Crippen LogP contribution in [0.3, 0.4) is 0 Å². The van der Waals surface area contributed by atoms with Gasteiger partial charge in [-0.05, 0) is 26.8 Å². The van der Waals surface area contributed by atoms with E-state index in [4.69, 9.17) is 21.4 Å². The van der Waals surface area contributed by atoms with Crippen LogP contribution in [-0.2, 0) is 0 Å². The van der Waals surface area contributed by atoms with Gasteiger partial charge in [0.25, 0.3) is 0 Å². The van der Waals surface area contributed by atoms with Crippen molar-refractivity contribution in [1.29, 1.82) is 0 Å². The van der Waals surface area contributed by atoms with Crippen LogP contribution in [0.2, 0.25) is 5.02 Å². The summed E-state index contributed by atoms with van der Waals surface area (Å²) in [6.45, 7) is 5.30. The molecule has 0 aliphatic rings. The molecule has 82 valence electrons. The number of ether oxygens (including phenoxy) is 1. The number of hydrogen-bond acceptors (Lipinski definition) is 3. The minimum absolute atomic E-state index is 0.0509. The second-order valence-electron chi connectivity index (χ2n) is 3.38. The maximum absolute atomic E-state index is 10.8. The van der Waals surface area contributed by atoms with E-state index in [1.54, 1.807) is 6.92 Å². The Balaban J connectivity index is 3.13. The molecule has 1 aromatic heterocycles. The minimum Gasteiger partial charge on any atom is -0.478 e. The number of aromatic carboxylic acids is 1. The first-order valence-corrected chi connectivity index (χ1v) is 4.86. The van der Waals surface area contributed by atoms with E-state index in [1.165, 1.54) is 6.07 Å². The maximum Gasteiger partial charge on any atom is 0.337 e. The fraction of sp³-hybridized carbons (Fsp3) is 0.400. The molecule has 1 aromatic rings. The molecule has 0 unspecified atom stereocenters. The van der Waals surface area contributed by atoms with Crippen molar-refractivity contribution in [2.24, 2.45) is 0 Å². The summed E-state index contributed by atoms with van der Waals surface area (Å²) < 4.78 is 5.32. The zero-order chi connectivity index (χ0) is 11.6. The number of rotatable bonds is 3. The fourth-order valence-electron chi connectivity index (χ4n) is 1.08. The predicted molar refractivity (Wildman–Crippen MR) is 56.7 cm³/mol. The van der Waals surface area contributed by atoms with Gasteiger partial charge < -0.3 is 9.84 Å². The van der Waals surface area contributed by atoms with Crippen molar-refractivity contribution in [2.75, 3.05) is 0 Å². The number of carboxylic acid groups (broad SMARTS) is 1. The normalized spacial score (nSPS) is 10.5. The molecule has 0 atom stereocenters. The van der Waals surface area contributed by atoms with Gasteiger partial charge in [-0.15, -0.1) is 0 Å². The second kappa shape index (κ2) is 4.49. The Kier molecular flexibility index (Phi) is 3.52. The summed E-state index contributed by atoms with van der Waals surface area (Å²) in [5.41, 5.74) is 0.485. The van der Waals surface area contributed by atoms with E-state index < -0.39 is 5.97 Å². The van der Waals surface area contributed by atoms with Crippen molar-refractivity contribution in [1.82, 2.24) is 4.98 Å². The van der Waals surface area contributed by atoms with Crippen molar-refractivity contribution < 1.29 is 14.6 Å². The number of hydrogen-bond donors (Lipinski definition) is 1. The van der Waals surface area contributed by atoms with Crippen LogP contribution in [0, 0.1) is 6.92 Å². The molecule has 1 rings (SSSR count). The van der Waals surface area contributed by atoms with Crippen LogP contribution in [0.1, 0.15) is 29.9 Å². The molecule has 1 N–H and O–H groups in total. The SMILES string of the molecule is Cc1nc(OC(C)C)c(Cl)cc1C(=O)O. The summed E-state index contributed by atoms with van der Waals surface area (Å²) in [7, 11) is 0. The molecule has 0 bridgehead atoms. The zero-order valence-electron chi connectivity index (χ0n) is 8.74. The smallest absolute Gasteiger partial charge is 0.337 e. The predicted octanol–water partition coefficient (Wildman–Crippen LogP) is 2.53. The molecule has 0 radical (unpaired) electrons. The highest BCUT2D eigenvalue weighted by Crippen LogP contribution is 2.25. The van der Waals surface area contributed by atoms with Crippen molar-refractivity contribution in [3.05, 3.63) is 22.3 Å². The van der Waals surface area contributed by atoms with Crippen LogP contribution in [0.4, 0.5) is 0 Å². The van der Waals surface area contributed by atoms with Gasteiger partial charge in [0.2, 0.25) is 5.88 Å². The van der Waals surface area contributed by atoms with Crippen molar-refractivity contribution in [3.8, 4) is 5.88 Å². The summed E-state index contributed by atoms with van der Waals surface area (Å²) in [6.07, 6.45) is -0.0509. The number of halogens is 1.